The fourth-order valence-electron chi connectivity index (χ4n) is 1.78. The third-order valence-corrected chi connectivity index (χ3v) is 3.74. The number of furan rings is 1. The molecule has 0 aliphatic carbocycles. The molecular weight excluding hydrogens is 258 g/mol. The maximum atomic E-state index is 10.6. The Morgan fingerprint density at radius 2 is 2.11 bits per heavy atom. The summed E-state index contributed by atoms with van der Waals surface area (Å²) in [6, 6.07) is 11.7. The molecule has 3 nitrogen and oxygen atoms in total. The van der Waals surface area contributed by atoms with E-state index in [1.807, 2.05) is 36.4 Å². The van der Waals surface area contributed by atoms with Crippen molar-refractivity contribution in [3.63, 3.8) is 0 Å². The highest BCUT2D eigenvalue weighted by atomic mass is 32.1. The molecule has 2 aromatic heterocycles. The van der Waals surface area contributed by atoms with Gasteiger partial charge in [-0.1, -0.05) is 12.1 Å². The summed E-state index contributed by atoms with van der Waals surface area (Å²) in [7, 11) is 0. The standard InChI is InChI=1S/C15H11NO2S/c1-10(9-17)8-11-6-7-13(18-11)15-16-12-4-2-3-5-14(12)19-15/h2-9H,1H3. The van der Waals surface area contributed by atoms with Crippen molar-refractivity contribution >= 4 is 33.9 Å². The van der Waals surface area contributed by atoms with Crippen molar-refractivity contribution in [1.82, 2.24) is 4.98 Å². The molecule has 0 bridgehead atoms. The Kier molecular flexibility index (Phi) is 3.01. The van der Waals surface area contributed by atoms with Gasteiger partial charge in [-0.05, 0) is 42.8 Å². The van der Waals surface area contributed by atoms with E-state index in [0.717, 1.165) is 27.3 Å². The van der Waals surface area contributed by atoms with Crippen LogP contribution in [0.2, 0.25) is 0 Å². The number of carbonyl (C=O) groups is 1. The van der Waals surface area contributed by atoms with Gasteiger partial charge in [0.1, 0.15) is 12.0 Å². The average molecular weight is 269 g/mol. The number of aromatic nitrogens is 1. The number of benzene rings is 1. The molecule has 1 aromatic carbocycles. The minimum Gasteiger partial charge on any atom is -0.454 e. The zero-order valence-electron chi connectivity index (χ0n) is 10.3. The molecule has 0 fully saturated rings. The first kappa shape index (κ1) is 11.9. The molecule has 0 aliphatic heterocycles. The largest absolute Gasteiger partial charge is 0.454 e. The third kappa shape index (κ3) is 2.35. The van der Waals surface area contributed by atoms with Crippen LogP contribution in [-0.2, 0) is 4.79 Å². The molecule has 0 amide bonds. The number of hydrogen-bond donors (Lipinski definition) is 0. The lowest BCUT2D eigenvalue weighted by Crippen LogP contribution is -1.74. The SMILES string of the molecule is CC(C=O)=Cc1ccc(-c2nc3ccccc3s2)o1. The topological polar surface area (TPSA) is 43.1 Å². The number of nitrogens with zero attached hydrogens (tertiary/aromatic N) is 1. The summed E-state index contributed by atoms with van der Waals surface area (Å²) < 4.78 is 6.82. The van der Waals surface area contributed by atoms with Crippen molar-refractivity contribution in [3.8, 4) is 10.8 Å². The Morgan fingerprint density at radius 3 is 2.89 bits per heavy atom. The number of fused-ring (bicyclic) bond motifs is 1. The third-order valence-electron chi connectivity index (χ3n) is 2.69. The summed E-state index contributed by atoms with van der Waals surface area (Å²) in [6.07, 6.45) is 2.52. The molecule has 0 saturated carbocycles. The van der Waals surface area contributed by atoms with Gasteiger partial charge in [0.2, 0.25) is 0 Å². The van der Waals surface area contributed by atoms with Crippen molar-refractivity contribution in [1.29, 1.82) is 0 Å². The van der Waals surface area contributed by atoms with Crippen molar-refractivity contribution < 1.29 is 9.21 Å². The van der Waals surface area contributed by atoms with E-state index in [1.54, 1.807) is 24.3 Å². The quantitative estimate of drug-likeness (QED) is 0.529. The molecule has 4 heteroatoms. The van der Waals surface area contributed by atoms with Gasteiger partial charge in [0, 0.05) is 0 Å². The van der Waals surface area contributed by atoms with Crippen molar-refractivity contribution in [2.75, 3.05) is 0 Å². The predicted molar refractivity (Wildman–Crippen MR) is 77.0 cm³/mol. The van der Waals surface area contributed by atoms with Gasteiger partial charge in [-0.3, -0.25) is 4.79 Å². The molecule has 3 rings (SSSR count). The summed E-state index contributed by atoms with van der Waals surface area (Å²) in [5.41, 5.74) is 1.60. The number of allylic oxidation sites excluding steroid dienone is 1. The molecule has 0 N–H and O–H groups in total. The second-order valence-corrected chi connectivity index (χ2v) is 5.23. The number of rotatable bonds is 3. The number of aldehydes is 1. The smallest absolute Gasteiger partial charge is 0.163 e. The Labute approximate surface area is 114 Å². The molecule has 0 aliphatic rings. The molecule has 0 saturated heterocycles. The Balaban J connectivity index is 2.00. The van der Waals surface area contributed by atoms with E-state index in [9.17, 15) is 4.79 Å². The normalized spacial score (nSPS) is 11.9. The summed E-state index contributed by atoms with van der Waals surface area (Å²) in [6.45, 7) is 1.74. The highest BCUT2D eigenvalue weighted by Gasteiger charge is 2.09. The van der Waals surface area contributed by atoms with Gasteiger partial charge in [0.25, 0.3) is 0 Å². The van der Waals surface area contributed by atoms with Gasteiger partial charge in [-0.15, -0.1) is 11.3 Å². The average Bonchev–Trinajstić information content (AvgIpc) is 3.04. The van der Waals surface area contributed by atoms with Crippen LogP contribution in [0.25, 0.3) is 27.1 Å². The van der Waals surface area contributed by atoms with Crippen LogP contribution in [0.15, 0.2) is 46.4 Å². The summed E-state index contributed by atoms with van der Waals surface area (Å²) in [4.78, 5) is 15.1. The minimum absolute atomic E-state index is 0.630. The molecular formula is C15H11NO2S. The molecule has 0 unspecified atom stereocenters. The summed E-state index contributed by atoms with van der Waals surface area (Å²) >= 11 is 1.59. The lowest BCUT2D eigenvalue weighted by atomic mass is 10.3. The maximum Gasteiger partial charge on any atom is 0.163 e. The number of thiazole rings is 1. The Morgan fingerprint density at radius 1 is 1.26 bits per heavy atom. The van der Waals surface area contributed by atoms with Crippen LogP contribution in [0.5, 0.6) is 0 Å². The lowest BCUT2D eigenvalue weighted by molar-refractivity contribution is -0.104. The van der Waals surface area contributed by atoms with Crippen molar-refractivity contribution in [2.45, 2.75) is 6.92 Å². The number of para-hydroxylation sites is 1. The van der Waals surface area contributed by atoms with Crippen LogP contribution in [0.4, 0.5) is 0 Å². The van der Waals surface area contributed by atoms with Gasteiger partial charge < -0.3 is 4.42 Å². The molecule has 2 heterocycles. The maximum absolute atomic E-state index is 10.6. The Bertz CT molecular complexity index is 734. The zero-order chi connectivity index (χ0) is 13.2. The van der Waals surface area contributed by atoms with E-state index in [0.29, 0.717) is 11.3 Å². The zero-order valence-corrected chi connectivity index (χ0v) is 11.1. The van der Waals surface area contributed by atoms with Crippen molar-refractivity contribution in [3.05, 3.63) is 47.7 Å². The fourth-order valence-corrected chi connectivity index (χ4v) is 2.71. The van der Waals surface area contributed by atoms with Crippen LogP contribution in [-0.4, -0.2) is 11.3 Å². The van der Waals surface area contributed by atoms with Gasteiger partial charge in [0.15, 0.2) is 10.8 Å². The van der Waals surface area contributed by atoms with E-state index in [4.69, 9.17) is 4.42 Å². The van der Waals surface area contributed by atoms with Gasteiger partial charge in [-0.2, -0.15) is 0 Å². The van der Waals surface area contributed by atoms with E-state index < -0.39 is 0 Å². The second kappa shape index (κ2) is 4.82. The van der Waals surface area contributed by atoms with Crippen LogP contribution in [0.1, 0.15) is 12.7 Å². The highest BCUT2D eigenvalue weighted by Crippen LogP contribution is 2.31. The van der Waals surface area contributed by atoms with Gasteiger partial charge >= 0.3 is 0 Å². The monoisotopic (exact) mass is 269 g/mol. The van der Waals surface area contributed by atoms with E-state index in [1.165, 1.54) is 0 Å². The van der Waals surface area contributed by atoms with Crippen LogP contribution >= 0.6 is 11.3 Å². The molecule has 94 valence electrons. The molecule has 19 heavy (non-hydrogen) atoms. The summed E-state index contributed by atoms with van der Waals surface area (Å²) in [5, 5.41) is 0.851. The van der Waals surface area contributed by atoms with E-state index in [-0.39, 0.29) is 0 Å². The van der Waals surface area contributed by atoms with Crippen molar-refractivity contribution in [2.24, 2.45) is 0 Å². The Hall–Kier alpha value is -2.20. The molecule has 0 atom stereocenters. The minimum atomic E-state index is 0.630. The van der Waals surface area contributed by atoms with E-state index in [2.05, 4.69) is 4.98 Å². The number of carbonyl (C=O) groups excluding carboxylic acids is 1. The first-order valence-corrected chi connectivity index (χ1v) is 6.67. The number of hydrogen-bond acceptors (Lipinski definition) is 4. The first-order valence-electron chi connectivity index (χ1n) is 5.85. The predicted octanol–water partition coefficient (Wildman–Crippen LogP) is 4.16. The first-order chi connectivity index (χ1) is 9.26. The van der Waals surface area contributed by atoms with Crippen LogP contribution < -0.4 is 0 Å². The molecule has 0 spiro atoms. The van der Waals surface area contributed by atoms with E-state index >= 15 is 0 Å². The van der Waals surface area contributed by atoms with Gasteiger partial charge in [0.05, 0.1) is 10.2 Å². The van der Waals surface area contributed by atoms with Crippen LogP contribution in [0, 0.1) is 0 Å². The fraction of sp³-hybridized carbons (Fsp3) is 0.0667. The highest BCUT2D eigenvalue weighted by molar-refractivity contribution is 7.21. The molecule has 3 aromatic rings. The second-order valence-electron chi connectivity index (χ2n) is 4.19. The lowest BCUT2D eigenvalue weighted by Gasteiger charge is -1.89. The van der Waals surface area contributed by atoms with Gasteiger partial charge in [-0.25, -0.2) is 4.98 Å². The summed E-state index contributed by atoms with van der Waals surface area (Å²) in [5.74, 6) is 1.39. The van der Waals surface area contributed by atoms with Crippen LogP contribution in [0.3, 0.4) is 0 Å². The molecule has 0 radical (unpaired) electrons.